The van der Waals surface area contributed by atoms with E-state index in [9.17, 15) is 0 Å². The van der Waals surface area contributed by atoms with Crippen molar-refractivity contribution in [1.29, 1.82) is 0 Å². The SMILES string of the molecule is CC(C)(C)c1ccc2c(c1)c1c(C(C)(C)C)cc(Oc3[c-]c(-n4nc(C(C)(C)C)cc4C(C)(C)C)ccc3)[c-]c1n2-c1cc(C(C)(C)c2ccccc2)ccn1.[Pt+2]. The standard InChI is InChI=1S/C51H58N4O.Pt/c1-47(2,3)34-23-24-41-39(27-34)46-40(48(4,5)6)30-38(31-42(46)54(41)45-28-35(25-26-52-45)51(13,14)33-19-16-15-17-20-33)56-37-22-18-21-36(29-37)55-44(50(10,11)12)32-43(53-55)49(7,8)9;/h15-28,30,32H,1-14H3;/q-2;+2. The van der Waals surface area contributed by atoms with Crippen molar-refractivity contribution in [3.8, 4) is 23.0 Å². The summed E-state index contributed by atoms with van der Waals surface area (Å²) in [5.74, 6) is 2.08. The molecule has 3 aromatic heterocycles. The molecule has 0 spiro atoms. The largest absolute Gasteiger partial charge is 2.00 e. The van der Waals surface area contributed by atoms with Gasteiger partial charge in [0.25, 0.3) is 0 Å². The summed E-state index contributed by atoms with van der Waals surface area (Å²) in [6.07, 6.45) is 1.94. The Labute approximate surface area is 355 Å². The van der Waals surface area contributed by atoms with Gasteiger partial charge in [-0.3, -0.25) is 4.68 Å². The second-order valence-corrected chi connectivity index (χ2v) is 20.1. The van der Waals surface area contributed by atoms with Gasteiger partial charge in [-0.15, -0.1) is 35.9 Å². The third-order valence-corrected chi connectivity index (χ3v) is 11.1. The van der Waals surface area contributed by atoms with Crippen LogP contribution in [0.2, 0.25) is 0 Å². The minimum atomic E-state index is -0.235. The zero-order valence-corrected chi connectivity index (χ0v) is 38.5. The smallest absolute Gasteiger partial charge is 0.509 e. The molecular weight excluding hydrogens is 880 g/mol. The second kappa shape index (κ2) is 14.7. The molecule has 7 rings (SSSR count). The number of rotatable bonds is 6. The number of ether oxygens (including phenoxy) is 1. The molecule has 0 fully saturated rings. The minimum Gasteiger partial charge on any atom is -0.509 e. The fraction of sp³-hybridized carbons (Fsp3) is 0.373. The summed E-state index contributed by atoms with van der Waals surface area (Å²) in [4.78, 5) is 5.04. The van der Waals surface area contributed by atoms with E-state index >= 15 is 0 Å². The molecule has 0 bridgehead atoms. The molecule has 0 saturated heterocycles. The van der Waals surface area contributed by atoms with Crippen molar-refractivity contribution in [2.75, 3.05) is 0 Å². The van der Waals surface area contributed by atoms with Gasteiger partial charge >= 0.3 is 21.1 Å². The van der Waals surface area contributed by atoms with Crippen molar-refractivity contribution in [1.82, 2.24) is 19.3 Å². The third kappa shape index (κ3) is 8.15. The van der Waals surface area contributed by atoms with Crippen LogP contribution in [0.25, 0.3) is 33.3 Å². The van der Waals surface area contributed by atoms with Crippen LogP contribution < -0.4 is 4.74 Å². The first kappa shape index (κ1) is 42.1. The average Bonchev–Trinajstić information content (AvgIpc) is 3.72. The molecular formula is C51H58N4OPt. The van der Waals surface area contributed by atoms with Gasteiger partial charge in [0.2, 0.25) is 0 Å². The zero-order valence-electron chi connectivity index (χ0n) is 36.3. The maximum atomic E-state index is 6.80. The first-order chi connectivity index (χ1) is 26.0. The summed E-state index contributed by atoms with van der Waals surface area (Å²) in [5.41, 5.74) is 9.26. The van der Waals surface area contributed by atoms with E-state index in [4.69, 9.17) is 14.8 Å². The first-order valence-corrected chi connectivity index (χ1v) is 19.9. The van der Waals surface area contributed by atoms with Crippen LogP contribution in [0.3, 0.4) is 0 Å². The molecule has 0 radical (unpaired) electrons. The van der Waals surface area contributed by atoms with Crippen molar-refractivity contribution >= 4 is 21.8 Å². The van der Waals surface area contributed by atoms with Crippen LogP contribution in [0.4, 0.5) is 0 Å². The summed E-state index contributed by atoms with van der Waals surface area (Å²) in [7, 11) is 0. The van der Waals surface area contributed by atoms with Crippen molar-refractivity contribution in [3.63, 3.8) is 0 Å². The second-order valence-electron chi connectivity index (χ2n) is 20.1. The number of fused-ring (bicyclic) bond motifs is 3. The quantitative estimate of drug-likeness (QED) is 0.156. The molecule has 0 unspecified atom stereocenters. The van der Waals surface area contributed by atoms with Crippen LogP contribution in [-0.2, 0) is 48.1 Å². The summed E-state index contributed by atoms with van der Waals surface area (Å²) in [5, 5.41) is 7.46. The Balaban J connectivity index is 0.00000549. The number of hydrogen-bond acceptors (Lipinski definition) is 3. The van der Waals surface area contributed by atoms with E-state index in [0.717, 1.165) is 33.9 Å². The number of nitrogens with zero attached hydrogens (tertiary/aromatic N) is 4. The van der Waals surface area contributed by atoms with Crippen LogP contribution in [0.15, 0.2) is 97.2 Å². The Bertz CT molecular complexity index is 2560. The minimum absolute atomic E-state index is 0. The van der Waals surface area contributed by atoms with Gasteiger partial charge in [0.05, 0.1) is 5.69 Å². The number of benzene rings is 4. The van der Waals surface area contributed by atoms with Gasteiger partial charge in [0.1, 0.15) is 5.82 Å². The monoisotopic (exact) mass is 937 g/mol. The molecule has 0 N–H and O–H groups in total. The Morgan fingerprint density at radius 3 is 1.91 bits per heavy atom. The van der Waals surface area contributed by atoms with Gasteiger partial charge in [0.15, 0.2) is 0 Å². The maximum absolute atomic E-state index is 6.80. The number of hydrogen-bond donors (Lipinski definition) is 0. The molecule has 4 aromatic carbocycles. The topological polar surface area (TPSA) is 44.9 Å². The summed E-state index contributed by atoms with van der Waals surface area (Å²) in [6, 6.07) is 39.7. The van der Waals surface area contributed by atoms with Crippen molar-refractivity contribution in [2.24, 2.45) is 0 Å². The van der Waals surface area contributed by atoms with E-state index in [-0.39, 0.29) is 48.1 Å². The van der Waals surface area contributed by atoms with Crippen LogP contribution in [-0.4, -0.2) is 19.3 Å². The first-order valence-electron chi connectivity index (χ1n) is 19.9. The van der Waals surface area contributed by atoms with E-state index in [2.05, 4.69) is 192 Å². The van der Waals surface area contributed by atoms with Gasteiger partial charge in [0, 0.05) is 45.2 Å². The van der Waals surface area contributed by atoms with Crippen LogP contribution in [0.5, 0.6) is 11.5 Å². The molecule has 5 nitrogen and oxygen atoms in total. The molecule has 7 aromatic rings. The molecule has 0 saturated carbocycles. The molecule has 0 aliphatic carbocycles. The van der Waals surface area contributed by atoms with Crippen molar-refractivity contribution < 1.29 is 25.8 Å². The number of aromatic nitrogens is 4. The van der Waals surface area contributed by atoms with Crippen LogP contribution in [0.1, 0.15) is 131 Å². The third-order valence-electron chi connectivity index (χ3n) is 11.1. The normalized spacial score (nSPS) is 12.9. The Kier molecular flexibility index (Phi) is 10.9. The molecule has 6 heteroatoms. The summed E-state index contributed by atoms with van der Waals surface area (Å²) < 4.78 is 11.1. The molecule has 0 aliphatic heterocycles. The van der Waals surface area contributed by atoms with Crippen LogP contribution in [0, 0.1) is 12.1 Å². The Morgan fingerprint density at radius 2 is 1.28 bits per heavy atom. The molecule has 3 heterocycles. The predicted octanol–water partition coefficient (Wildman–Crippen LogP) is 13.3. The molecule has 0 aliphatic rings. The molecule has 0 amide bonds. The summed E-state index contributed by atoms with van der Waals surface area (Å²) >= 11 is 0. The van der Waals surface area contributed by atoms with Gasteiger partial charge in [-0.1, -0.05) is 150 Å². The maximum Gasteiger partial charge on any atom is 2.00 e. The van der Waals surface area contributed by atoms with E-state index in [0.29, 0.717) is 11.5 Å². The van der Waals surface area contributed by atoms with Crippen molar-refractivity contribution in [2.45, 2.75) is 124 Å². The van der Waals surface area contributed by atoms with E-state index < -0.39 is 0 Å². The Morgan fingerprint density at radius 1 is 0.579 bits per heavy atom. The molecule has 57 heavy (non-hydrogen) atoms. The van der Waals surface area contributed by atoms with Gasteiger partial charge < -0.3 is 9.30 Å². The van der Waals surface area contributed by atoms with Gasteiger partial charge in [-0.2, -0.15) is 11.2 Å². The van der Waals surface area contributed by atoms with E-state index in [1.807, 2.05) is 23.0 Å². The fourth-order valence-corrected chi connectivity index (χ4v) is 7.54. The summed E-state index contributed by atoms with van der Waals surface area (Å²) in [6.45, 7) is 31.5. The van der Waals surface area contributed by atoms with Gasteiger partial charge in [-0.25, -0.2) is 4.98 Å². The van der Waals surface area contributed by atoms with Crippen molar-refractivity contribution in [3.05, 3.63) is 143 Å². The predicted molar refractivity (Wildman–Crippen MR) is 233 cm³/mol. The van der Waals surface area contributed by atoms with E-state index in [1.54, 1.807) is 0 Å². The van der Waals surface area contributed by atoms with E-state index in [1.165, 1.54) is 33.0 Å². The fourth-order valence-electron chi connectivity index (χ4n) is 7.54. The van der Waals surface area contributed by atoms with Gasteiger partial charge in [-0.05, 0) is 62.9 Å². The Hall–Kier alpha value is -4.47. The zero-order chi connectivity index (χ0) is 40.6. The molecule has 0 atom stereocenters. The molecule has 298 valence electrons. The van der Waals surface area contributed by atoms with Crippen LogP contribution >= 0.6 is 0 Å². The average molecular weight is 938 g/mol. The number of pyridine rings is 1.